The molecule has 5 rings (SSSR count). The molecule has 0 atom stereocenters. The van der Waals surface area contributed by atoms with Crippen LogP contribution in [0.4, 0.5) is 5.95 Å². The molecule has 4 aromatic rings. The zero-order valence-corrected chi connectivity index (χ0v) is 18.6. The fourth-order valence-electron chi connectivity index (χ4n) is 3.75. The van der Waals surface area contributed by atoms with E-state index in [1.54, 1.807) is 37.8 Å². The number of pyridine rings is 1. The Kier molecular flexibility index (Phi) is 4.91. The number of nitrogens with one attached hydrogen (secondary N) is 1. The number of aromatic nitrogens is 5. The second kappa shape index (κ2) is 7.65. The van der Waals surface area contributed by atoms with Gasteiger partial charge in [0, 0.05) is 46.5 Å². The molecule has 1 aliphatic rings. The number of benzene rings is 1. The molecule has 9 heteroatoms. The quantitative estimate of drug-likeness (QED) is 0.509. The van der Waals surface area contributed by atoms with E-state index in [-0.39, 0.29) is 11.1 Å². The van der Waals surface area contributed by atoms with Gasteiger partial charge in [0.05, 0.1) is 36.3 Å². The number of anilines is 1. The summed E-state index contributed by atoms with van der Waals surface area (Å²) in [5, 5.41) is 4.48. The molecule has 0 saturated carbocycles. The van der Waals surface area contributed by atoms with Gasteiger partial charge in [-0.05, 0) is 26.0 Å². The molecule has 162 valence electrons. The first kappa shape index (κ1) is 20.5. The van der Waals surface area contributed by atoms with Crippen molar-refractivity contribution in [2.24, 2.45) is 7.05 Å². The minimum Gasteiger partial charge on any atom is -0.376 e. The van der Waals surface area contributed by atoms with Gasteiger partial charge in [0.1, 0.15) is 5.65 Å². The first-order valence-electron chi connectivity index (χ1n) is 10.1. The molecule has 8 nitrogen and oxygen atoms in total. The normalized spacial score (nSPS) is 14.9. The van der Waals surface area contributed by atoms with Crippen molar-refractivity contribution >= 4 is 28.6 Å². The summed E-state index contributed by atoms with van der Waals surface area (Å²) < 4.78 is 6.79. The minimum absolute atomic E-state index is 0.190. The van der Waals surface area contributed by atoms with Gasteiger partial charge in [0.15, 0.2) is 0 Å². The Morgan fingerprint density at radius 1 is 1.12 bits per heavy atom. The summed E-state index contributed by atoms with van der Waals surface area (Å²) in [7, 11) is 1.70. The van der Waals surface area contributed by atoms with E-state index in [0.717, 1.165) is 22.3 Å². The topological polar surface area (TPSA) is 94.8 Å². The van der Waals surface area contributed by atoms with Gasteiger partial charge < -0.3 is 10.1 Å². The molecule has 4 heterocycles. The van der Waals surface area contributed by atoms with Gasteiger partial charge in [-0.15, -0.1) is 0 Å². The Morgan fingerprint density at radius 2 is 1.94 bits per heavy atom. The standard InChI is InChI=1S/C23H21ClN6O2/c1-13-8-25-10-19(27-13)14-4-5-16(18(24)7-14)17-6-15-9-26-22(29-23(2)11-32-12-23)28-20(15)30(3)21(17)31/h4-10H,11-12H2,1-3H3,(H,26,28,29). The maximum atomic E-state index is 13.2. The van der Waals surface area contributed by atoms with Crippen molar-refractivity contribution in [1.29, 1.82) is 0 Å². The number of hydrogen-bond donors (Lipinski definition) is 1. The van der Waals surface area contributed by atoms with E-state index in [4.69, 9.17) is 16.3 Å². The minimum atomic E-state index is -0.191. The van der Waals surface area contributed by atoms with Crippen molar-refractivity contribution in [3.63, 3.8) is 0 Å². The molecule has 0 spiro atoms. The van der Waals surface area contributed by atoms with Gasteiger partial charge in [-0.3, -0.25) is 14.3 Å². The van der Waals surface area contributed by atoms with Crippen molar-refractivity contribution in [3.8, 4) is 22.4 Å². The second-order valence-electron chi connectivity index (χ2n) is 8.31. The number of ether oxygens (including phenoxy) is 1. The average molecular weight is 449 g/mol. The van der Waals surface area contributed by atoms with Crippen molar-refractivity contribution in [2.45, 2.75) is 19.4 Å². The maximum Gasteiger partial charge on any atom is 0.259 e. The number of halogens is 1. The molecule has 1 saturated heterocycles. The number of rotatable bonds is 4. The Morgan fingerprint density at radius 3 is 2.62 bits per heavy atom. The molecular weight excluding hydrogens is 428 g/mol. The summed E-state index contributed by atoms with van der Waals surface area (Å²) in [5.74, 6) is 0.465. The molecule has 0 radical (unpaired) electrons. The molecule has 0 bridgehead atoms. The van der Waals surface area contributed by atoms with E-state index in [9.17, 15) is 4.79 Å². The van der Waals surface area contributed by atoms with Gasteiger partial charge in [0.25, 0.3) is 5.56 Å². The molecule has 1 N–H and O–H groups in total. The smallest absolute Gasteiger partial charge is 0.259 e. The number of nitrogens with zero attached hydrogens (tertiary/aromatic N) is 5. The number of hydrogen-bond acceptors (Lipinski definition) is 7. The molecule has 0 aliphatic carbocycles. The zero-order chi connectivity index (χ0) is 22.5. The van der Waals surface area contributed by atoms with Gasteiger partial charge in [0.2, 0.25) is 5.95 Å². The zero-order valence-electron chi connectivity index (χ0n) is 17.9. The summed E-state index contributed by atoms with van der Waals surface area (Å²) in [4.78, 5) is 30.8. The van der Waals surface area contributed by atoms with E-state index in [1.807, 2.05) is 26.0 Å². The highest BCUT2D eigenvalue weighted by molar-refractivity contribution is 6.33. The molecule has 1 fully saturated rings. The maximum absolute atomic E-state index is 13.2. The lowest BCUT2D eigenvalue weighted by Crippen LogP contribution is -2.53. The van der Waals surface area contributed by atoms with Gasteiger partial charge in [-0.2, -0.15) is 4.98 Å². The Balaban J connectivity index is 1.55. The Labute approximate surface area is 189 Å². The van der Waals surface area contributed by atoms with Crippen LogP contribution in [0.3, 0.4) is 0 Å². The molecule has 1 aromatic carbocycles. The summed E-state index contributed by atoms with van der Waals surface area (Å²) in [6, 6.07) is 7.30. The van der Waals surface area contributed by atoms with Crippen molar-refractivity contribution in [3.05, 3.63) is 63.9 Å². The SMILES string of the molecule is Cc1cncc(-c2ccc(-c3cc4cnc(NC5(C)COC5)nc4n(C)c3=O)c(Cl)c2)n1. The lowest BCUT2D eigenvalue weighted by molar-refractivity contribution is -0.0322. The van der Waals surface area contributed by atoms with Crippen LogP contribution in [-0.2, 0) is 11.8 Å². The lowest BCUT2D eigenvalue weighted by atomic mass is 10.0. The van der Waals surface area contributed by atoms with Crippen LogP contribution in [0.25, 0.3) is 33.4 Å². The van der Waals surface area contributed by atoms with Gasteiger partial charge >= 0.3 is 0 Å². The van der Waals surface area contributed by atoms with Crippen molar-refractivity contribution in [2.75, 3.05) is 18.5 Å². The largest absolute Gasteiger partial charge is 0.376 e. The monoisotopic (exact) mass is 448 g/mol. The number of fused-ring (bicyclic) bond motifs is 1. The van der Waals surface area contributed by atoms with Crippen LogP contribution in [-0.4, -0.2) is 43.3 Å². The average Bonchev–Trinajstić information content (AvgIpc) is 2.75. The van der Waals surface area contributed by atoms with E-state index in [1.165, 1.54) is 4.57 Å². The van der Waals surface area contributed by atoms with Crippen LogP contribution < -0.4 is 10.9 Å². The number of aryl methyl sites for hydroxylation is 2. The molecule has 0 amide bonds. The van der Waals surface area contributed by atoms with Crippen LogP contribution >= 0.6 is 11.6 Å². The highest BCUT2D eigenvalue weighted by Crippen LogP contribution is 2.31. The van der Waals surface area contributed by atoms with Crippen LogP contribution in [0, 0.1) is 6.92 Å². The third-order valence-corrected chi connectivity index (χ3v) is 5.83. The third-order valence-electron chi connectivity index (χ3n) is 5.51. The molecule has 32 heavy (non-hydrogen) atoms. The molecule has 0 unspecified atom stereocenters. The predicted molar refractivity (Wildman–Crippen MR) is 124 cm³/mol. The Hall–Kier alpha value is -3.36. The Bertz CT molecular complexity index is 1410. The van der Waals surface area contributed by atoms with Crippen LogP contribution in [0.1, 0.15) is 12.6 Å². The van der Waals surface area contributed by atoms with Gasteiger partial charge in [-0.1, -0.05) is 23.7 Å². The van der Waals surface area contributed by atoms with E-state index >= 15 is 0 Å². The summed E-state index contributed by atoms with van der Waals surface area (Å²) in [6.07, 6.45) is 5.09. The summed E-state index contributed by atoms with van der Waals surface area (Å²) in [6.45, 7) is 5.11. The van der Waals surface area contributed by atoms with Crippen molar-refractivity contribution < 1.29 is 4.74 Å². The predicted octanol–water partition coefficient (Wildman–Crippen LogP) is 3.62. The van der Waals surface area contributed by atoms with E-state index < -0.39 is 0 Å². The highest BCUT2D eigenvalue weighted by Gasteiger charge is 2.34. The first-order chi connectivity index (χ1) is 15.3. The molecular formula is C23H21ClN6O2. The fraction of sp³-hybridized carbons (Fsp3) is 0.261. The lowest BCUT2D eigenvalue weighted by Gasteiger charge is -2.38. The molecule has 1 aliphatic heterocycles. The van der Waals surface area contributed by atoms with Gasteiger partial charge in [-0.25, -0.2) is 9.97 Å². The second-order valence-corrected chi connectivity index (χ2v) is 8.72. The van der Waals surface area contributed by atoms with Crippen LogP contribution in [0.5, 0.6) is 0 Å². The van der Waals surface area contributed by atoms with Crippen LogP contribution in [0.2, 0.25) is 5.02 Å². The highest BCUT2D eigenvalue weighted by atomic mass is 35.5. The van der Waals surface area contributed by atoms with Crippen molar-refractivity contribution in [1.82, 2.24) is 24.5 Å². The molecule has 3 aromatic heterocycles. The summed E-state index contributed by atoms with van der Waals surface area (Å²) in [5.41, 5.74) is 3.66. The summed E-state index contributed by atoms with van der Waals surface area (Å²) >= 11 is 6.60. The van der Waals surface area contributed by atoms with Crippen LogP contribution in [0.15, 0.2) is 47.7 Å². The third kappa shape index (κ3) is 3.61. The van der Waals surface area contributed by atoms with E-state index in [0.29, 0.717) is 41.0 Å². The van der Waals surface area contributed by atoms with E-state index in [2.05, 4.69) is 25.3 Å². The fourth-order valence-corrected chi connectivity index (χ4v) is 4.03. The first-order valence-corrected chi connectivity index (χ1v) is 10.5.